The Hall–Kier alpha value is -0.360. The summed E-state index contributed by atoms with van der Waals surface area (Å²) in [5, 5.41) is 7.97. The summed E-state index contributed by atoms with van der Waals surface area (Å²) >= 11 is 0. The van der Waals surface area contributed by atoms with Crippen LogP contribution in [0.25, 0.3) is 0 Å². The highest BCUT2D eigenvalue weighted by Crippen LogP contribution is 2.40. The fourth-order valence-corrected chi connectivity index (χ4v) is 1.01. The maximum absolute atomic E-state index is 10.5. The van der Waals surface area contributed by atoms with Crippen molar-refractivity contribution in [1.82, 2.24) is 0 Å². The maximum atomic E-state index is 10.5. The number of hydrogen-bond donors (Lipinski definition) is 1. The van der Waals surface area contributed by atoms with Crippen LogP contribution in [0.5, 0.6) is 0 Å². The lowest BCUT2D eigenvalue weighted by atomic mass is 10.9. The van der Waals surface area contributed by atoms with E-state index in [9.17, 15) is 4.57 Å². The van der Waals surface area contributed by atoms with Crippen molar-refractivity contribution in [2.45, 2.75) is 6.92 Å². The van der Waals surface area contributed by atoms with Crippen molar-refractivity contribution < 1.29 is 14.0 Å². The van der Waals surface area contributed by atoms with Gasteiger partial charge in [-0.05, 0) is 6.92 Å². The molecule has 1 atom stereocenters. The summed E-state index contributed by atoms with van der Waals surface area (Å²) in [7, 11) is -3.55. The van der Waals surface area contributed by atoms with Gasteiger partial charge in [0.05, 0.1) is 12.7 Å². The summed E-state index contributed by atoms with van der Waals surface area (Å²) in [5.41, 5.74) is 0. The van der Waals surface area contributed by atoms with Gasteiger partial charge in [-0.25, -0.2) is 0 Å². The molecule has 0 radical (unpaired) electrons. The third-order valence-electron chi connectivity index (χ3n) is 0.601. The van der Waals surface area contributed by atoms with E-state index in [2.05, 4.69) is 4.52 Å². The molecule has 0 heterocycles. The van der Waals surface area contributed by atoms with E-state index in [0.717, 1.165) is 0 Å². The minimum absolute atomic E-state index is 0.162. The van der Waals surface area contributed by atoms with Crippen LogP contribution in [-0.2, 0) is 9.09 Å². The van der Waals surface area contributed by atoms with Crippen molar-refractivity contribution in [2.75, 3.05) is 12.8 Å². The summed E-state index contributed by atoms with van der Waals surface area (Å²) in [4.78, 5) is 8.63. The maximum Gasteiger partial charge on any atom is 0.342 e. The van der Waals surface area contributed by atoms with Gasteiger partial charge in [0.25, 0.3) is 0 Å². The summed E-state index contributed by atoms with van der Waals surface area (Å²) in [6.07, 6.45) is -0.430. The highest BCUT2D eigenvalue weighted by molar-refractivity contribution is 7.53. The Morgan fingerprint density at radius 2 is 2.44 bits per heavy atom. The van der Waals surface area contributed by atoms with Crippen molar-refractivity contribution in [3.8, 4) is 6.07 Å². The van der Waals surface area contributed by atoms with Crippen LogP contribution in [0, 0.1) is 11.3 Å². The van der Waals surface area contributed by atoms with Gasteiger partial charge in [0, 0.05) is 0 Å². The summed E-state index contributed by atoms with van der Waals surface area (Å²) < 4.78 is 14.9. The monoisotopic (exact) mass is 149 g/mol. The fraction of sp³-hybridized carbons (Fsp3) is 0.750. The SMILES string of the molecule is CCOP(=O)(O)CC#N. The Labute approximate surface area is 53.6 Å². The van der Waals surface area contributed by atoms with Crippen LogP contribution in [0.15, 0.2) is 0 Å². The van der Waals surface area contributed by atoms with Crippen molar-refractivity contribution >= 4 is 7.60 Å². The molecule has 9 heavy (non-hydrogen) atoms. The molecule has 52 valence electrons. The van der Waals surface area contributed by atoms with Gasteiger partial charge in [0.1, 0.15) is 6.16 Å². The molecule has 4 nitrogen and oxygen atoms in total. The molecule has 1 N–H and O–H groups in total. The smallest absolute Gasteiger partial charge is 0.324 e. The quantitative estimate of drug-likeness (QED) is 0.600. The van der Waals surface area contributed by atoms with Gasteiger partial charge in [-0.3, -0.25) is 4.57 Å². The van der Waals surface area contributed by atoms with Crippen molar-refractivity contribution in [2.24, 2.45) is 0 Å². The summed E-state index contributed by atoms with van der Waals surface area (Å²) in [6.45, 7) is 1.76. The van der Waals surface area contributed by atoms with Crippen LogP contribution in [0.1, 0.15) is 6.92 Å². The first-order chi connectivity index (χ1) is 4.12. The van der Waals surface area contributed by atoms with E-state index < -0.39 is 13.8 Å². The second-order valence-corrected chi connectivity index (χ2v) is 3.22. The third kappa shape index (κ3) is 4.16. The van der Waals surface area contributed by atoms with Gasteiger partial charge in [0.2, 0.25) is 0 Å². The molecule has 0 aromatic rings. The molecule has 0 fully saturated rings. The minimum atomic E-state index is -3.55. The number of rotatable bonds is 3. The van der Waals surface area contributed by atoms with Crippen LogP contribution < -0.4 is 0 Å². The van der Waals surface area contributed by atoms with E-state index >= 15 is 0 Å². The van der Waals surface area contributed by atoms with E-state index in [1.807, 2.05) is 0 Å². The molecule has 0 aliphatic carbocycles. The average Bonchev–Trinajstić information content (AvgIpc) is 1.64. The molecule has 1 unspecified atom stereocenters. The normalized spacial score (nSPS) is 16.1. The second-order valence-electron chi connectivity index (χ2n) is 1.37. The van der Waals surface area contributed by atoms with Gasteiger partial charge in [-0.2, -0.15) is 5.26 Å². The molecule has 0 saturated carbocycles. The third-order valence-corrected chi connectivity index (χ3v) is 1.80. The zero-order valence-corrected chi connectivity index (χ0v) is 5.97. The highest BCUT2D eigenvalue weighted by Gasteiger charge is 2.16. The first kappa shape index (κ1) is 8.64. The molecule has 0 bridgehead atoms. The van der Waals surface area contributed by atoms with E-state index in [4.69, 9.17) is 10.2 Å². The first-order valence-corrected chi connectivity index (χ1v) is 4.22. The Bertz CT molecular complexity index is 162. The molecular formula is C4H8NO3P. The van der Waals surface area contributed by atoms with Crippen LogP contribution in [0.4, 0.5) is 0 Å². The zero-order chi connectivity index (χ0) is 7.33. The molecule has 0 spiro atoms. The topological polar surface area (TPSA) is 70.3 Å². The lowest BCUT2D eigenvalue weighted by Gasteiger charge is -2.04. The van der Waals surface area contributed by atoms with Crippen LogP contribution in [0.2, 0.25) is 0 Å². The lowest BCUT2D eigenvalue weighted by molar-refractivity contribution is 0.276. The van der Waals surface area contributed by atoms with E-state index in [-0.39, 0.29) is 6.61 Å². The van der Waals surface area contributed by atoms with Crippen LogP contribution >= 0.6 is 7.60 Å². The lowest BCUT2D eigenvalue weighted by Crippen LogP contribution is -1.91. The second kappa shape index (κ2) is 3.62. The summed E-state index contributed by atoms with van der Waals surface area (Å²) in [5.74, 6) is 0. The van der Waals surface area contributed by atoms with Gasteiger partial charge >= 0.3 is 7.60 Å². The molecule has 0 aliphatic heterocycles. The van der Waals surface area contributed by atoms with Crippen molar-refractivity contribution in [3.05, 3.63) is 0 Å². The first-order valence-electron chi connectivity index (χ1n) is 2.45. The standard InChI is InChI=1S/C4H8NO3P/c1-2-8-9(6,7)4-3-5/h2,4H2,1H3,(H,6,7). The largest absolute Gasteiger partial charge is 0.342 e. The number of nitriles is 1. The van der Waals surface area contributed by atoms with Gasteiger partial charge in [-0.15, -0.1) is 0 Å². The van der Waals surface area contributed by atoms with Crippen molar-refractivity contribution in [1.29, 1.82) is 5.26 Å². The number of nitrogens with zero attached hydrogens (tertiary/aromatic N) is 1. The molecule has 0 aromatic carbocycles. The molecule has 0 aliphatic rings. The molecule has 0 aromatic heterocycles. The average molecular weight is 149 g/mol. The van der Waals surface area contributed by atoms with Crippen LogP contribution in [0.3, 0.4) is 0 Å². The highest BCUT2D eigenvalue weighted by atomic mass is 31.2. The Kier molecular flexibility index (Phi) is 3.48. The summed E-state index contributed by atoms with van der Waals surface area (Å²) in [6, 6.07) is 1.55. The predicted octanol–water partition coefficient (Wildman–Crippen LogP) is 0.732. The van der Waals surface area contributed by atoms with Gasteiger partial charge in [-0.1, -0.05) is 0 Å². The predicted molar refractivity (Wildman–Crippen MR) is 31.9 cm³/mol. The van der Waals surface area contributed by atoms with Gasteiger partial charge in [0.15, 0.2) is 0 Å². The van der Waals surface area contributed by atoms with Gasteiger partial charge < -0.3 is 9.42 Å². The minimum Gasteiger partial charge on any atom is -0.324 e. The van der Waals surface area contributed by atoms with E-state index in [1.54, 1.807) is 13.0 Å². The number of hydrogen-bond acceptors (Lipinski definition) is 3. The molecular weight excluding hydrogens is 141 g/mol. The molecule has 0 rings (SSSR count). The fourth-order valence-electron chi connectivity index (χ4n) is 0.337. The Morgan fingerprint density at radius 1 is 1.89 bits per heavy atom. The Balaban J connectivity index is 3.75. The molecule has 0 saturated heterocycles. The molecule has 0 amide bonds. The Morgan fingerprint density at radius 3 is 2.78 bits per heavy atom. The van der Waals surface area contributed by atoms with Crippen LogP contribution in [-0.4, -0.2) is 17.7 Å². The molecule has 5 heteroatoms. The van der Waals surface area contributed by atoms with E-state index in [0.29, 0.717) is 0 Å². The zero-order valence-electron chi connectivity index (χ0n) is 5.07. The van der Waals surface area contributed by atoms with Crippen molar-refractivity contribution in [3.63, 3.8) is 0 Å². The van der Waals surface area contributed by atoms with E-state index in [1.165, 1.54) is 0 Å².